The zero-order valence-corrected chi connectivity index (χ0v) is 11.8. The third-order valence-electron chi connectivity index (χ3n) is 2.55. The van der Waals surface area contributed by atoms with Gasteiger partial charge >= 0.3 is 12.2 Å². The number of hydrogen-bond acceptors (Lipinski definition) is 2. The first-order chi connectivity index (χ1) is 10.1. The number of hydrogen-bond donors (Lipinski definition) is 2. The van der Waals surface area contributed by atoms with Gasteiger partial charge in [-0.3, -0.25) is 0 Å². The molecule has 0 heterocycles. The molecule has 1 aromatic carbocycles. The van der Waals surface area contributed by atoms with Gasteiger partial charge in [-0.05, 0) is 18.2 Å². The summed E-state index contributed by atoms with van der Waals surface area (Å²) in [6, 6.07) is 1.23. The molecule has 0 aliphatic carbocycles. The van der Waals surface area contributed by atoms with Gasteiger partial charge in [0.05, 0.1) is 29.4 Å². The molecule has 0 atom stereocenters. The topological polar surface area (TPSA) is 52.6 Å². The number of alkyl halides is 5. The third kappa shape index (κ3) is 5.30. The summed E-state index contributed by atoms with van der Waals surface area (Å²) in [5.74, 6) is 0. The smallest absolute Gasteiger partial charge is 0.395 e. The SMILES string of the molecule is O=C(Nc1ccc(C(F)(F)F)cc1Cl)N(CCO)CC(F)F. The molecule has 0 saturated heterocycles. The summed E-state index contributed by atoms with van der Waals surface area (Å²) in [7, 11) is 0. The predicted octanol–water partition coefficient (Wildman–Crippen LogP) is 3.45. The lowest BCUT2D eigenvalue weighted by Crippen LogP contribution is -2.40. The molecular weight excluding hydrogens is 335 g/mol. The standard InChI is InChI=1S/C12H12ClF5N2O2/c13-8-5-7(12(16,17)18)1-2-9(8)19-11(22)20(3-4-21)6-10(14)15/h1-2,5,10,21H,3-4,6H2,(H,19,22). The number of carbonyl (C=O) groups excluding carboxylic acids is 1. The Balaban J connectivity index is 2.86. The maximum atomic E-state index is 12.5. The molecule has 1 aromatic rings. The van der Waals surface area contributed by atoms with E-state index in [1.54, 1.807) is 0 Å². The molecule has 0 aliphatic rings. The largest absolute Gasteiger partial charge is 0.416 e. The summed E-state index contributed by atoms with van der Waals surface area (Å²) >= 11 is 5.64. The maximum Gasteiger partial charge on any atom is 0.416 e. The van der Waals surface area contributed by atoms with E-state index in [0.29, 0.717) is 17.0 Å². The quantitative estimate of drug-likeness (QED) is 0.802. The van der Waals surface area contributed by atoms with Gasteiger partial charge in [-0.15, -0.1) is 0 Å². The van der Waals surface area contributed by atoms with Gasteiger partial charge in [0.25, 0.3) is 6.43 Å². The van der Waals surface area contributed by atoms with Gasteiger partial charge in [0.2, 0.25) is 0 Å². The van der Waals surface area contributed by atoms with E-state index in [-0.39, 0.29) is 17.3 Å². The van der Waals surface area contributed by atoms with Gasteiger partial charge in [-0.25, -0.2) is 13.6 Å². The Morgan fingerprint density at radius 3 is 2.45 bits per heavy atom. The van der Waals surface area contributed by atoms with Crippen molar-refractivity contribution in [3.8, 4) is 0 Å². The molecule has 124 valence electrons. The first kappa shape index (κ1) is 18.4. The van der Waals surface area contributed by atoms with Gasteiger partial charge in [0.1, 0.15) is 0 Å². The number of halogens is 6. The van der Waals surface area contributed by atoms with E-state index < -0.39 is 37.3 Å². The van der Waals surface area contributed by atoms with E-state index in [1.165, 1.54) is 0 Å². The maximum absolute atomic E-state index is 12.5. The van der Waals surface area contributed by atoms with E-state index in [2.05, 4.69) is 5.32 Å². The number of urea groups is 1. The Bertz CT molecular complexity index is 525. The fourth-order valence-electron chi connectivity index (χ4n) is 1.55. The number of benzene rings is 1. The highest BCUT2D eigenvalue weighted by Crippen LogP contribution is 2.33. The fourth-order valence-corrected chi connectivity index (χ4v) is 1.78. The highest BCUT2D eigenvalue weighted by Gasteiger charge is 2.31. The molecule has 0 unspecified atom stereocenters. The Kier molecular flexibility index (Phi) is 6.36. The van der Waals surface area contributed by atoms with Crippen LogP contribution in [0.25, 0.3) is 0 Å². The second kappa shape index (κ2) is 7.59. The highest BCUT2D eigenvalue weighted by molar-refractivity contribution is 6.33. The molecule has 1 rings (SSSR count). The van der Waals surface area contributed by atoms with Crippen LogP contribution >= 0.6 is 11.6 Å². The van der Waals surface area contributed by atoms with Crippen molar-refractivity contribution in [3.05, 3.63) is 28.8 Å². The van der Waals surface area contributed by atoms with Gasteiger partial charge in [0.15, 0.2) is 0 Å². The van der Waals surface area contributed by atoms with Crippen LogP contribution in [0.15, 0.2) is 18.2 Å². The number of rotatable bonds is 5. The average molecular weight is 347 g/mol. The minimum Gasteiger partial charge on any atom is -0.395 e. The second-order valence-electron chi connectivity index (χ2n) is 4.18. The monoisotopic (exact) mass is 346 g/mol. The van der Waals surface area contributed by atoms with E-state index in [1.807, 2.05) is 0 Å². The first-order valence-corrected chi connectivity index (χ1v) is 6.34. The van der Waals surface area contributed by atoms with E-state index in [4.69, 9.17) is 16.7 Å². The van der Waals surface area contributed by atoms with Crippen molar-refractivity contribution in [2.45, 2.75) is 12.6 Å². The van der Waals surface area contributed by atoms with Crippen LogP contribution < -0.4 is 5.32 Å². The molecular formula is C12H12ClF5N2O2. The molecule has 2 N–H and O–H groups in total. The van der Waals surface area contributed by atoms with Crippen molar-refractivity contribution in [3.63, 3.8) is 0 Å². The van der Waals surface area contributed by atoms with Crippen molar-refractivity contribution in [1.29, 1.82) is 0 Å². The van der Waals surface area contributed by atoms with Crippen molar-refractivity contribution < 1.29 is 31.9 Å². The lowest BCUT2D eigenvalue weighted by molar-refractivity contribution is -0.137. The lowest BCUT2D eigenvalue weighted by Gasteiger charge is -2.22. The van der Waals surface area contributed by atoms with Crippen LogP contribution in [0.3, 0.4) is 0 Å². The number of nitrogens with zero attached hydrogens (tertiary/aromatic N) is 1. The predicted molar refractivity (Wildman–Crippen MR) is 70.1 cm³/mol. The molecule has 0 fully saturated rings. The molecule has 10 heteroatoms. The zero-order chi connectivity index (χ0) is 16.9. The number of carbonyl (C=O) groups is 1. The van der Waals surface area contributed by atoms with E-state index in [9.17, 15) is 26.7 Å². The molecule has 0 spiro atoms. The molecule has 22 heavy (non-hydrogen) atoms. The number of aliphatic hydroxyl groups is 1. The van der Waals surface area contributed by atoms with Crippen LogP contribution in [0.4, 0.5) is 32.4 Å². The van der Waals surface area contributed by atoms with Crippen molar-refractivity contribution in [2.75, 3.05) is 25.0 Å². The molecule has 0 bridgehead atoms. The normalized spacial score (nSPS) is 11.6. The number of nitrogens with one attached hydrogen (secondary N) is 1. The van der Waals surface area contributed by atoms with E-state index >= 15 is 0 Å². The molecule has 0 saturated carbocycles. The number of aliphatic hydroxyl groups excluding tert-OH is 1. The van der Waals surface area contributed by atoms with Gasteiger partial charge in [0, 0.05) is 6.54 Å². The van der Waals surface area contributed by atoms with Gasteiger partial charge in [-0.1, -0.05) is 11.6 Å². The molecule has 0 radical (unpaired) electrons. The van der Waals surface area contributed by atoms with Crippen molar-refractivity contribution in [1.82, 2.24) is 4.90 Å². The number of amides is 2. The average Bonchev–Trinajstić information content (AvgIpc) is 2.38. The lowest BCUT2D eigenvalue weighted by atomic mass is 10.2. The minimum absolute atomic E-state index is 0.156. The summed E-state index contributed by atoms with van der Waals surface area (Å²) in [6.07, 6.45) is -7.41. The summed E-state index contributed by atoms with van der Waals surface area (Å²) in [5, 5.41) is 10.5. The Labute approximate surface area is 127 Å². The van der Waals surface area contributed by atoms with Crippen LogP contribution in [-0.2, 0) is 6.18 Å². The number of anilines is 1. The Morgan fingerprint density at radius 2 is 2.00 bits per heavy atom. The fraction of sp³-hybridized carbons (Fsp3) is 0.417. The van der Waals surface area contributed by atoms with Crippen molar-refractivity contribution in [2.24, 2.45) is 0 Å². The molecule has 2 amide bonds. The summed E-state index contributed by atoms with van der Waals surface area (Å²) < 4.78 is 62.0. The van der Waals surface area contributed by atoms with Crippen LogP contribution in [0, 0.1) is 0 Å². The van der Waals surface area contributed by atoms with Crippen LogP contribution in [0.2, 0.25) is 5.02 Å². The van der Waals surface area contributed by atoms with Gasteiger partial charge < -0.3 is 15.3 Å². The van der Waals surface area contributed by atoms with Crippen LogP contribution in [0.5, 0.6) is 0 Å². The molecule has 0 aliphatic heterocycles. The first-order valence-electron chi connectivity index (χ1n) is 5.97. The second-order valence-corrected chi connectivity index (χ2v) is 4.59. The molecule has 0 aromatic heterocycles. The summed E-state index contributed by atoms with van der Waals surface area (Å²) in [6.45, 7) is -1.82. The Morgan fingerprint density at radius 1 is 1.36 bits per heavy atom. The highest BCUT2D eigenvalue weighted by atomic mass is 35.5. The Hall–Kier alpha value is -1.61. The molecule has 4 nitrogen and oxygen atoms in total. The summed E-state index contributed by atoms with van der Waals surface area (Å²) in [4.78, 5) is 12.4. The van der Waals surface area contributed by atoms with Crippen LogP contribution in [-0.4, -0.2) is 42.2 Å². The van der Waals surface area contributed by atoms with E-state index in [0.717, 1.165) is 6.07 Å². The van der Waals surface area contributed by atoms with Crippen LogP contribution in [0.1, 0.15) is 5.56 Å². The minimum atomic E-state index is -4.59. The zero-order valence-electron chi connectivity index (χ0n) is 11.0. The van der Waals surface area contributed by atoms with Gasteiger partial charge in [-0.2, -0.15) is 13.2 Å². The summed E-state index contributed by atoms with van der Waals surface area (Å²) in [5.41, 5.74) is -1.16. The third-order valence-corrected chi connectivity index (χ3v) is 2.87. The van der Waals surface area contributed by atoms with Crippen molar-refractivity contribution >= 4 is 23.3 Å².